The van der Waals surface area contributed by atoms with Gasteiger partial charge in [0.05, 0.1) is 35.6 Å². The van der Waals surface area contributed by atoms with Crippen LogP contribution in [-0.4, -0.2) is 47.8 Å². The lowest BCUT2D eigenvalue weighted by molar-refractivity contribution is 0.0418. The molecule has 1 fully saturated rings. The van der Waals surface area contributed by atoms with Gasteiger partial charge in [0.15, 0.2) is 0 Å². The summed E-state index contributed by atoms with van der Waals surface area (Å²) in [6, 6.07) is 16.5. The fourth-order valence-corrected chi connectivity index (χ4v) is 4.44. The zero-order valence-corrected chi connectivity index (χ0v) is 18.6. The topological polar surface area (TPSA) is 68.3 Å². The number of fused-ring (bicyclic) bond motifs is 1. The van der Waals surface area contributed by atoms with Crippen molar-refractivity contribution >= 4 is 11.4 Å². The lowest BCUT2D eigenvalue weighted by Gasteiger charge is -2.41. The number of rotatable bonds is 5. The zero-order valence-electron chi connectivity index (χ0n) is 18.6. The van der Waals surface area contributed by atoms with Gasteiger partial charge in [0.2, 0.25) is 0 Å². The maximum atomic E-state index is 14.7. The lowest BCUT2D eigenvalue weighted by Crippen LogP contribution is -2.53. The quantitative estimate of drug-likeness (QED) is 0.381. The first kappa shape index (κ1) is 21.2. The molecule has 1 aromatic carbocycles. The summed E-state index contributed by atoms with van der Waals surface area (Å²) in [4.78, 5) is 19.6. The SMILES string of the molecule is O=C(c1c(-c2ccccc2F)nn2ccccc12)N1CC[C@H]1Cn1ccc(-c2ccc(F)cn2)n1. The molecule has 1 aliphatic rings. The smallest absolute Gasteiger partial charge is 0.258 e. The van der Waals surface area contributed by atoms with Gasteiger partial charge in [-0.15, -0.1) is 0 Å². The van der Waals surface area contributed by atoms with Crippen molar-refractivity contribution in [1.29, 1.82) is 0 Å². The number of carbonyl (C=O) groups is 1. The number of likely N-dealkylation sites (tertiary alicyclic amines) is 1. The largest absolute Gasteiger partial charge is 0.334 e. The Bertz CT molecular complexity index is 1540. The van der Waals surface area contributed by atoms with Gasteiger partial charge in [0.1, 0.15) is 23.0 Å². The number of carbonyl (C=O) groups excluding carboxylic acids is 1. The average molecular weight is 470 g/mol. The van der Waals surface area contributed by atoms with Crippen molar-refractivity contribution in [3.8, 4) is 22.6 Å². The Balaban J connectivity index is 1.29. The van der Waals surface area contributed by atoms with Crippen LogP contribution < -0.4 is 0 Å². The van der Waals surface area contributed by atoms with Gasteiger partial charge in [-0.3, -0.25) is 14.5 Å². The van der Waals surface area contributed by atoms with Gasteiger partial charge in [-0.1, -0.05) is 18.2 Å². The summed E-state index contributed by atoms with van der Waals surface area (Å²) in [5.74, 6) is -1.02. The molecule has 0 aliphatic carbocycles. The summed E-state index contributed by atoms with van der Waals surface area (Å²) in [5, 5.41) is 9.08. The van der Waals surface area contributed by atoms with E-state index in [-0.39, 0.29) is 11.9 Å². The number of nitrogens with zero attached hydrogens (tertiary/aromatic N) is 6. The number of aromatic nitrogens is 5. The fraction of sp³-hybridized carbons (Fsp3) is 0.154. The molecule has 1 atom stereocenters. The molecule has 1 aliphatic heterocycles. The van der Waals surface area contributed by atoms with Crippen molar-refractivity contribution in [1.82, 2.24) is 29.3 Å². The summed E-state index contributed by atoms with van der Waals surface area (Å²) in [5.41, 5.74) is 2.84. The predicted molar refractivity (Wildman–Crippen MR) is 125 cm³/mol. The van der Waals surface area contributed by atoms with Crippen LogP contribution in [0, 0.1) is 11.6 Å². The van der Waals surface area contributed by atoms with E-state index >= 15 is 0 Å². The van der Waals surface area contributed by atoms with E-state index in [1.54, 1.807) is 44.6 Å². The molecule has 5 heterocycles. The molecule has 9 heteroatoms. The van der Waals surface area contributed by atoms with Crippen LogP contribution in [0.15, 0.2) is 79.3 Å². The van der Waals surface area contributed by atoms with Gasteiger partial charge in [-0.25, -0.2) is 13.3 Å². The molecule has 1 saturated heterocycles. The van der Waals surface area contributed by atoms with Gasteiger partial charge in [-0.05, 0) is 48.9 Å². The lowest BCUT2D eigenvalue weighted by atomic mass is 9.98. The Morgan fingerprint density at radius 3 is 2.57 bits per heavy atom. The van der Waals surface area contributed by atoms with Crippen LogP contribution in [0.4, 0.5) is 8.78 Å². The predicted octanol–water partition coefficient (Wildman–Crippen LogP) is 4.45. The van der Waals surface area contributed by atoms with Crippen molar-refractivity contribution in [3.63, 3.8) is 0 Å². The van der Waals surface area contributed by atoms with E-state index in [0.29, 0.717) is 46.8 Å². The second-order valence-electron chi connectivity index (χ2n) is 8.46. The molecular formula is C26H20F2N6O. The maximum Gasteiger partial charge on any atom is 0.258 e. The summed E-state index contributed by atoms with van der Waals surface area (Å²) in [6.07, 6.45) is 5.55. The molecule has 174 valence electrons. The van der Waals surface area contributed by atoms with E-state index in [0.717, 1.165) is 12.6 Å². The van der Waals surface area contributed by atoms with Crippen LogP contribution in [0.5, 0.6) is 0 Å². The van der Waals surface area contributed by atoms with E-state index in [1.807, 2.05) is 30.5 Å². The third-order valence-electron chi connectivity index (χ3n) is 6.32. The first-order chi connectivity index (χ1) is 17.1. The standard InChI is InChI=1S/C26H20F2N6O/c27-17-8-9-21(29-15-17)22-11-13-32(30-22)16-18-10-14-33(18)26(35)24-23-7-3-4-12-34(23)31-25(24)19-5-1-2-6-20(19)28/h1-9,11-13,15,18H,10,14,16H2/t18-/m0/s1. The molecule has 0 spiro atoms. The summed E-state index contributed by atoms with van der Waals surface area (Å²) in [6.45, 7) is 1.10. The van der Waals surface area contributed by atoms with Crippen molar-refractivity contribution in [2.24, 2.45) is 0 Å². The highest BCUT2D eigenvalue weighted by Gasteiger charge is 2.36. The van der Waals surface area contributed by atoms with Crippen LogP contribution in [-0.2, 0) is 6.54 Å². The van der Waals surface area contributed by atoms with Crippen molar-refractivity contribution in [3.05, 3.63) is 96.5 Å². The van der Waals surface area contributed by atoms with Crippen LogP contribution in [0.1, 0.15) is 16.8 Å². The first-order valence-electron chi connectivity index (χ1n) is 11.3. The van der Waals surface area contributed by atoms with Crippen LogP contribution in [0.3, 0.4) is 0 Å². The molecule has 0 saturated carbocycles. The van der Waals surface area contributed by atoms with Crippen LogP contribution in [0.25, 0.3) is 28.2 Å². The summed E-state index contributed by atoms with van der Waals surface area (Å²) >= 11 is 0. The maximum absolute atomic E-state index is 14.7. The Hall–Kier alpha value is -4.40. The number of pyridine rings is 2. The molecule has 35 heavy (non-hydrogen) atoms. The number of amides is 1. The van der Waals surface area contributed by atoms with Gasteiger partial charge < -0.3 is 4.90 Å². The molecule has 5 aromatic rings. The Kier molecular flexibility index (Phi) is 5.09. The number of benzene rings is 1. The van der Waals surface area contributed by atoms with E-state index in [9.17, 15) is 13.6 Å². The molecule has 7 nitrogen and oxygen atoms in total. The molecule has 0 bridgehead atoms. The third-order valence-corrected chi connectivity index (χ3v) is 6.32. The molecule has 6 rings (SSSR count). The van der Waals surface area contributed by atoms with Crippen molar-refractivity contribution < 1.29 is 13.6 Å². The highest BCUT2D eigenvalue weighted by molar-refractivity contribution is 6.06. The molecule has 0 radical (unpaired) electrons. The molecule has 0 unspecified atom stereocenters. The zero-order chi connectivity index (χ0) is 23.9. The highest BCUT2D eigenvalue weighted by Crippen LogP contribution is 2.32. The van der Waals surface area contributed by atoms with E-state index in [1.165, 1.54) is 12.1 Å². The summed E-state index contributed by atoms with van der Waals surface area (Å²) in [7, 11) is 0. The van der Waals surface area contributed by atoms with E-state index < -0.39 is 11.6 Å². The summed E-state index contributed by atoms with van der Waals surface area (Å²) < 4.78 is 31.2. The third kappa shape index (κ3) is 3.74. The van der Waals surface area contributed by atoms with Gasteiger partial charge in [-0.2, -0.15) is 10.2 Å². The Labute approximate surface area is 199 Å². The molecule has 0 N–H and O–H groups in total. The normalized spacial score (nSPS) is 15.4. The van der Waals surface area contributed by atoms with Gasteiger partial charge >= 0.3 is 0 Å². The fourth-order valence-electron chi connectivity index (χ4n) is 4.44. The average Bonchev–Trinajstić information content (AvgIpc) is 3.47. The van der Waals surface area contributed by atoms with Gasteiger partial charge in [0.25, 0.3) is 5.91 Å². The van der Waals surface area contributed by atoms with E-state index in [4.69, 9.17) is 0 Å². The minimum absolute atomic E-state index is 0.0661. The van der Waals surface area contributed by atoms with E-state index in [2.05, 4.69) is 15.2 Å². The highest BCUT2D eigenvalue weighted by atomic mass is 19.1. The number of halogens is 2. The second kappa shape index (κ2) is 8.43. The van der Waals surface area contributed by atoms with Crippen molar-refractivity contribution in [2.75, 3.05) is 6.54 Å². The van der Waals surface area contributed by atoms with Crippen LogP contribution >= 0.6 is 0 Å². The first-order valence-corrected chi connectivity index (χ1v) is 11.3. The number of hydrogen-bond acceptors (Lipinski definition) is 4. The van der Waals surface area contributed by atoms with Crippen molar-refractivity contribution in [2.45, 2.75) is 19.0 Å². The molecule has 1 amide bonds. The minimum atomic E-state index is -0.427. The second-order valence-corrected chi connectivity index (χ2v) is 8.46. The Morgan fingerprint density at radius 2 is 1.80 bits per heavy atom. The monoisotopic (exact) mass is 470 g/mol. The molecular weight excluding hydrogens is 450 g/mol. The number of hydrogen-bond donors (Lipinski definition) is 0. The van der Waals surface area contributed by atoms with Crippen LogP contribution in [0.2, 0.25) is 0 Å². The molecule has 4 aromatic heterocycles. The Morgan fingerprint density at radius 1 is 0.943 bits per heavy atom. The minimum Gasteiger partial charge on any atom is -0.334 e. The van der Waals surface area contributed by atoms with Gasteiger partial charge in [0, 0.05) is 24.5 Å².